The Balaban J connectivity index is 1.69. The molecule has 0 fully saturated rings. The van der Waals surface area contributed by atoms with Gasteiger partial charge in [0.15, 0.2) is 0 Å². The summed E-state index contributed by atoms with van der Waals surface area (Å²) in [5.41, 5.74) is 2.45. The number of sulfonamides is 1. The van der Waals surface area contributed by atoms with Gasteiger partial charge in [0.05, 0.1) is 11.4 Å². The highest BCUT2D eigenvalue weighted by Crippen LogP contribution is 2.33. The highest BCUT2D eigenvalue weighted by Gasteiger charge is 2.34. The van der Waals surface area contributed by atoms with Crippen molar-refractivity contribution < 1.29 is 13.2 Å². The molecule has 1 unspecified atom stereocenters. The van der Waals surface area contributed by atoms with Gasteiger partial charge in [-0.05, 0) is 66.9 Å². The van der Waals surface area contributed by atoms with Gasteiger partial charge in [-0.3, -0.25) is 4.79 Å². The number of para-hydroxylation sites is 1. The van der Waals surface area contributed by atoms with Crippen LogP contribution >= 0.6 is 39.1 Å². The molecule has 172 valence electrons. The number of carbonyl (C=O) groups excluding carboxylic acids is 1. The highest BCUT2D eigenvalue weighted by atomic mass is 79.9. The van der Waals surface area contributed by atoms with E-state index >= 15 is 0 Å². The fourth-order valence-corrected chi connectivity index (χ4v) is 6.09. The summed E-state index contributed by atoms with van der Waals surface area (Å²) in [4.78, 5) is 15.2. The van der Waals surface area contributed by atoms with Gasteiger partial charge in [-0.2, -0.15) is 4.31 Å². The molecule has 0 N–H and O–H groups in total. The molecule has 1 atom stereocenters. The number of fused-ring (bicyclic) bond motifs is 1. The Morgan fingerprint density at radius 1 is 1.09 bits per heavy atom. The second-order valence-corrected chi connectivity index (χ2v) is 11.6. The van der Waals surface area contributed by atoms with Gasteiger partial charge in [0, 0.05) is 32.8 Å². The van der Waals surface area contributed by atoms with E-state index in [0.29, 0.717) is 15.6 Å². The van der Waals surface area contributed by atoms with Crippen molar-refractivity contribution in [1.29, 1.82) is 0 Å². The van der Waals surface area contributed by atoms with Crippen LogP contribution in [-0.2, 0) is 27.8 Å². The zero-order valence-corrected chi connectivity index (χ0v) is 21.6. The van der Waals surface area contributed by atoms with Crippen molar-refractivity contribution in [3.8, 4) is 0 Å². The largest absolute Gasteiger partial charge is 0.308 e. The van der Waals surface area contributed by atoms with E-state index in [4.69, 9.17) is 23.2 Å². The Labute approximate surface area is 212 Å². The SMILES string of the molecule is CC1Cc2ccccc2N1C(=O)CN(Cc1ccc(Cl)cc1Cl)S(=O)(=O)c1ccc(Br)cc1. The van der Waals surface area contributed by atoms with Gasteiger partial charge >= 0.3 is 0 Å². The van der Waals surface area contributed by atoms with Crippen LogP contribution in [-0.4, -0.2) is 31.2 Å². The Morgan fingerprint density at radius 2 is 1.79 bits per heavy atom. The lowest BCUT2D eigenvalue weighted by molar-refractivity contribution is -0.119. The molecule has 4 rings (SSSR count). The minimum atomic E-state index is -3.99. The Kier molecular flexibility index (Phi) is 7.17. The summed E-state index contributed by atoms with van der Waals surface area (Å²) in [5.74, 6) is -0.293. The third kappa shape index (κ3) is 5.12. The molecule has 0 saturated heterocycles. The van der Waals surface area contributed by atoms with Crippen molar-refractivity contribution in [2.24, 2.45) is 0 Å². The third-order valence-electron chi connectivity index (χ3n) is 5.60. The maximum absolute atomic E-state index is 13.6. The van der Waals surface area contributed by atoms with Crippen LogP contribution in [0.2, 0.25) is 10.0 Å². The average molecular weight is 568 g/mol. The summed E-state index contributed by atoms with van der Waals surface area (Å²) < 4.78 is 29.1. The van der Waals surface area contributed by atoms with Gasteiger partial charge in [0.25, 0.3) is 0 Å². The number of carbonyl (C=O) groups is 1. The van der Waals surface area contributed by atoms with Gasteiger partial charge < -0.3 is 4.90 Å². The van der Waals surface area contributed by atoms with E-state index in [0.717, 1.165) is 22.1 Å². The lowest BCUT2D eigenvalue weighted by atomic mass is 10.1. The molecule has 9 heteroatoms. The van der Waals surface area contributed by atoms with Gasteiger partial charge in [-0.1, -0.05) is 63.4 Å². The standard InChI is InChI=1S/C24H21BrCl2N2O3S/c1-16-12-17-4-2-3-5-23(17)29(16)24(30)15-28(14-18-6-9-20(26)13-22(18)27)33(31,32)21-10-7-19(25)8-11-21/h2-11,13,16H,12,14-15H2,1H3. The fourth-order valence-electron chi connectivity index (χ4n) is 3.99. The summed E-state index contributed by atoms with van der Waals surface area (Å²) in [7, 11) is -3.99. The van der Waals surface area contributed by atoms with Crippen molar-refractivity contribution >= 4 is 60.7 Å². The van der Waals surface area contributed by atoms with Crippen LogP contribution in [0.25, 0.3) is 0 Å². The molecular weight excluding hydrogens is 547 g/mol. The zero-order valence-electron chi connectivity index (χ0n) is 17.7. The second kappa shape index (κ2) is 9.76. The number of anilines is 1. The van der Waals surface area contributed by atoms with E-state index in [2.05, 4.69) is 15.9 Å². The van der Waals surface area contributed by atoms with E-state index in [9.17, 15) is 13.2 Å². The first-order valence-corrected chi connectivity index (χ1v) is 13.3. The maximum Gasteiger partial charge on any atom is 0.243 e. The lowest BCUT2D eigenvalue weighted by Crippen LogP contribution is -2.44. The van der Waals surface area contributed by atoms with E-state index in [-0.39, 0.29) is 29.9 Å². The topological polar surface area (TPSA) is 57.7 Å². The summed E-state index contributed by atoms with van der Waals surface area (Å²) in [5, 5.41) is 0.787. The Morgan fingerprint density at radius 3 is 2.48 bits per heavy atom. The summed E-state index contributed by atoms with van der Waals surface area (Å²) >= 11 is 15.7. The van der Waals surface area contributed by atoms with Crippen molar-refractivity contribution in [3.05, 3.63) is 92.4 Å². The maximum atomic E-state index is 13.6. The van der Waals surface area contributed by atoms with Crippen molar-refractivity contribution in [2.45, 2.75) is 30.8 Å². The van der Waals surface area contributed by atoms with Crippen LogP contribution < -0.4 is 4.90 Å². The van der Waals surface area contributed by atoms with E-state index in [1.807, 2.05) is 31.2 Å². The molecule has 5 nitrogen and oxygen atoms in total. The molecular formula is C24H21BrCl2N2O3S. The normalized spacial score (nSPS) is 15.7. The summed E-state index contributed by atoms with van der Waals surface area (Å²) in [6.07, 6.45) is 0.727. The fraction of sp³-hybridized carbons (Fsp3) is 0.208. The molecule has 0 aliphatic carbocycles. The van der Waals surface area contributed by atoms with Crippen molar-refractivity contribution in [3.63, 3.8) is 0 Å². The molecule has 0 spiro atoms. The Hall–Kier alpha value is -1.90. The zero-order chi connectivity index (χ0) is 23.8. The van der Waals surface area contributed by atoms with Crippen molar-refractivity contribution in [1.82, 2.24) is 4.31 Å². The third-order valence-corrected chi connectivity index (χ3v) is 8.52. The van der Waals surface area contributed by atoms with Crippen LogP contribution in [0, 0.1) is 0 Å². The monoisotopic (exact) mass is 566 g/mol. The second-order valence-electron chi connectivity index (χ2n) is 7.91. The molecule has 1 amide bonds. The number of halogens is 3. The lowest BCUT2D eigenvalue weighted by Gasteiger charge is -2.28. The molecule has 1 heterocycles. The average Bonchev–Trinajstić information content (AvgIpc) is 3.11. The number of hydrogen-bond donors (Lipinski definition) is 0. The van der Waals surface area contributed by atoms with E-state index in [1.165, 1.54) is 16.4 Å². The van der Waals surface area contributed by atoms with Crippen LogP contribution in [0.4, 0.5) is 5.69 Å². The number of benzene rings is 3. The first kappa shape index (κ1) is 24.2. The molecule has 0 aromatic heterocycles. The van der Waals surface area contributed by atoms with Gasteiger partial charge in [0.1, 0.15) is 0 Å². The quantitative estimate of drug-likeness (QED) is 0.371. The number of rotatable bonds is 6. The minimum Gasteiger partial charge on any atom is -0.308 e. The summed E-state index contributed by atoms with van der Waals surface area (Å²) in [6, 6.07) is 18.8. The van der Waals surface area contributed by atoms with Crippen LogP contribution in [0.15, 0.2) is 76.1 Å². The van der Waals surface area contributed by atoms with Gasteiger partial charge in [0.2, 0.25) is 15.9 Å². The highest BCUT2D eigenvalue weighted by molar-refractivity contribution is 9.10. The Bertz CT molecular complexity index is 1300. The molecule has 0 bridgehead atoms. The predicted molar refractivity (Wildman–Crippen MR) is 135 cm³/mol. The molecule has 1 aliphatic rings. The molecule has 0 saturated carbocycles. The van der Waals surface area contributed by atoms with Crippen LogP contribution in [0.1, 0.15) is 18.1 Å². The smallest absolute Gasteiger partial charge is 0.243 e. The first-order chi connectivity index (χ1) is 15.7. The first-order valence-electron chi connectivity index (χ1n) is 10.3. The predicted octanol–water partition coefficient (Wildman–Crippen LogP) is 5.92. The minimum absolute atomic E-state index is 0.0637. The van der Waals surface area contributed by atoms with Crippen molar-refractivity contribution in [2.75, 3.05) is 11.4 Å². The van der Waals surface area contributed by atoms with Crippen LogP contribution in [0.5, 0.6) is 0 Å². The number of amides is 1. The van der Waals surface area contributed by atoms with Gasteiger partial charge in [-0.25, -0.2) is 8.42 Å². The number of nitrogens with zero attached hydrogens (tertiary/aromatic N) is 2. The molecule has 3 aromatic carbocycles. The van der Waals surface area contributed by atoms with E-state index in [1.54, 1.807) is 35.2 Å². The molecule has 1 aliphatic heterocycles. The van der Waals surface area contributed by atoms with E-state index < -0.39 is 10.0 Å². The molecule has 3 aromatic rings. The molecule has 0 radical (unpaired) electrons. The number of hydrogen-bond acceptors (Lipinski definition) is 3. The van der Waals surface area contributed by atoms with Crippen LogP contribution in [0.3, 0.4) is 0 Å². The van der Waals surface area contributed by atoms with Gasteiger partial charge in [-0.15, -0.1) is 0 Å². The summed E-state index contributed by atoms with van der Waals surface area (Å²) in [6.45, 7) is 1.57. The molecule has 33 heavy (non-hydrogen) atoms.